The summed E-state index contributed by atoms with van der Waals surface area (Å²) in [5.41, 5.74) is 8.36. The molecule has 1 amide bonds. The summed E-state index contributed by atoms with van der Waals surface area (Å²) >= 11 is 0. The lowest BCUT2D eigenvalue weighted by atomic mass is 10.0. The van der Waals surface area contributed by atoms with Crippen LogP contribution in [0.25, 0.3) is 11.1 Å². The van der Waals surface area contributed by atoms with E-state index in [1.807, 2.05) is 55.4 Å². The van der Waals surface area contributed by atoms with Crippen LogP contribution in [-0.4, -0.2) is 29.6 Å². The highest BCUT2D eigenvalue weighted by molar-refractivity contribution is 5.91. The molecule has 1 atom stereocenters. The van der Waals surface area contributed by atoms with Gasteiger partial charge in [0, 0.05) is 18.2 Å². The summed E-state index contributed by atoms with van der Waals surface area (Å²) in [5.74, 6) is 1.24. The summed E-state index contributed by atoms with van der Waals surface area (Å²) in [6.07, 6.45) is 4.81. The monoisotopic (exact) mass is 429 g/mol. The van der Waals surface area contributed by atoms with Crippen LogP contribution in [0.3, 0.4) is 0 Å². The van der Waals surface area contributed by atoms with Crippen molar-refractivity contribution in [1.29, 1.82) is 0 Å². The van der Waals surface area contributed by atoms with Crippen LogP contribution in [0, 0.1) is 6.92 Å². The molecule has 0 fully saturated rings. The number of rotatable bonds is 7. The van der Waals surface area contributed by atoms with Gasteiger partial charge in [-0.25, -0.2) is 4.99 Å². The largest absolute Gasteiger partial charge is 0.491 e. The highest BCUT2D eigenvalue weighted by Gasteiger charge is 2.27. The molecule has 2 N–H and O–H groups in total. The summed E-state index contributed by atoms with van der Waals surface area (Å²) in [6, 6.07) is 18.3. The summed E-state index contributed by atoms with van der Waals surface area (Å²) in [5, 5.41) is 4.55. The van der Waals surface area contributed by atoms with E-state index in [4.69, 9.17) is 4.74 Å². The number of ether oxygens (including phenoxy) is 1. The van der Waals surface area contributed by atoms with Crippen molar-refractivity contribution in [3.8, 4) is 16.9 Å². The first-order valence-corrected chi connectivity index (χ1v) is 10.6. The zero-order chi connectivity index (χ0) is 22.5. The summed E-state index contributed by atoms with van der Waals surface area (Å²) in [7, 11) is 0. The number of hydrazine groups is 1. The fraction of sp³-hybridized carbons (Fsp3) is 0.240. The fourth-order valence-electron chi connectivity index (χ4n) is 3.71. The van der Waals surface area contributed by atoms with E-state index in [1.54, 1.807) is 6.20 Å². The maximum Gasteiger partial charge on any atom is 0.219 e. The minimum absolute atomic E-state index is 0.100. The van der Waals surface area contributed by atoms with Crippen LogP contribution in [0.4, 0.5) is 5.69 Å². The van der Waals surface area contributed by atoms with Crippen LogP contribution >= 0.6 is 0 Å². The second-order valence-corrected chi connectivity index (χ2v) is 7.97. The molecule has 0 aliphatic carbocycles. The van der Waals surface area contributed by atoms with Crippen molar-refractivity contribution in [2.45, 2.75) is 39.5 Å². The molecule has 164 valence electrons. The molecule has 0 radical (unpaired) electrons. The van der Waals surface area contributed by atoms with Crippen LogP contribution in [0.2, 0.25) is 0 Å². The Bertz CT molecular complexity index is 1110. The van der Waals surface area contributed by atoms with E-state index in [0.717, 1.165) is 33.7 Å². The Hall–Kier alpha value is -3.87. The zero-order valence-electron chi connectivity index (χ0n) is 18.4. The molecule has 1 aliphatic rings. The number of hydrogen-bond acceptors (Lipinski definition) is 6. The van der Waals surface area contributed by atoms with Gasteiger partial charge in [0.15, 0.2) is 0 Å². The number of carbonyl (C=O) groups is 1. The minimum atomic E-state index is -0.228. The Morgan fingerprint density at radius 2 is 1.97 bits per heavy atom. The van der Waals surface area contributed by atoms with E-state index < -0.39 is 0 Å². The zero-order valence-corrected chi connectivity index (χ0v) is 18.4. The molecule has 32 heavy (non-hydrogen) atoms. The number of nitrogens with zero attached hydrogens (tertiary/aromatic N) is 3. The Labute approximate surface area is 188 Å². The van der Waals surface area contributed by atoms with E-state index in [-0.39, 0.29) is 12.3 Å². The molecule has 3 aromatic rings. The lowest BCUT2D eigenvalue weighted by Crippen LogP contribution is -2.45. The predicted molar refractivity (Wildman–Crippen MR) is 126 cm³/mol. The number of aliphatic imine (C=N–C) groups is 1. The first-order chi connectivity index (χ1) is 15.5. The Balaban J connectivity index is 1.65. The van der Waals surface area contributed by atoms with Gasteiger partial charge in [-0.2, -0.15) is 0 Å². The van der Waals surface area contributed by atoms with Gasteiger partial charge < -0.3 is 4.74 Å². The molecule has 1 aromatic heterocycles. The molecule has 1 aliphatic heterocycles. The Morgan fingerprint density at radius 3 is 2.72 bits per heavy atom. The number of aromatic nitrogens is 1. The van der Waals surface area contributed by atoms with Gasteiger partial charge in [-0.15, -0.1) is 0 Å². The van der Waals surface area contributed by atoms with E-state index >= 15 is 0 Å². The molecule has 1 unspecified atom stereocenters. The molecule has 7 heteroatoms. The standard InChI is InChI=1S/C25H27N5O2/c1-17(2)32-22-10-9-18(3)23(13-22)20-12-21(15-26-14-20)30-24(28-25(29-30)27-16-31)11-19-7-5-4-6-8-19/h4-10,12-17,24H,11H2,1-3H3,(H2,27,28,29,31). The third kappa shape index (κ3) is 4.88. The molecule has 2 aromatic carbocycles. The average Bonchev–Trinajstić information content (AvgIpc) is 3.18. The normalized spacial score (nSPS) is 15.3. The average molecular weight is 430 g/mol. The third-order valence-corrected chi connectivity index (χ3v) is 5.15. The number of nitrogens with one attached hydrogen (secondary N) is 2. The van der Waals surface area contributed by atoms with Crippen molar-refractivity contribution < 1.29 is 9.53 Å². The number of anilines is 1. The van der Waals surface area contributed by atoms with E-state index in [9.17, 15) is 4.79 Å². The second kappa shape index (κ2) is 9.51. The van der Waals surface area contributed by atoms with Gasteiger partial charge in [0.1, 0.15) is 11.9 Å². The Morgan fingerprint density at radius 1 is 1.16 bits per heavy atom. The van der Waals surface area contributed by atoms with Crippen molar-refractivity contribution in [3.63, 3.8) is 0 Å². The van der Waals surface area contributed by atoms with Gasteiger partial charge in [-0.3, -0.25) is 25.5 Å². The Kier molecular flexibility index (Phi) is 6.35. The molecule has 2 heterocycles. The van der Waals surface area contributed by atoms with Gasteiger partial charge in [0.25, 0.3) is 0 Å². The van der Waals surface area contributed by atoms with E-state index in [0.29, 0.717) is 18.8 Å². The molecular weight excluding hydrogens is 402 g/mol. The summed E-state index contributed by atoms with van der Waals surface area (Å²) in [6.45, 7) is 6.10. The number of benzene rings is 2. The predicted octanol–water partition coefficient (Wildman–Crippen LogP) is 3.84. The molecule has 0 bridgehead atoms. The van der Waals surface area contributed by atoms with Crippen molar-refractivity contribution in [2.75, 3.05) is 5.01 Å². The van der Waals surface area contributed by atoms with E-state index in [1.165, 1.54) is 0 Å². The molecule has 0 saturated carbocycles. The van der Waals surface area contributed by atoms with Gasteiger partial charge in [0.05, 0.1) is 18.0 Å². The number of aryl methyl sites for hydroxylation is 1. The van der Waals surface area contributed by atoms with Crippen molar-refractivity contribution in [3.05, 3.63) is 78.1 Å². The summed E-state index contributed by atoms with van der Waals surface area (Å²) in [4.78, 5) is 20.1. The number of pyridine rings is 1. The van der Waals surface area contributed by atoms with Crippen LogP contribution in [-0.2, 0) is 11.2 Å². The smallest absolute Gasteiger partial charge is 0.219 e. The van der Waals surface area contributed by atoms with Gasteiger partial charge in [0.2, 0.25) is 12.4 Å². The van der Waals surface area contributed by atoms with Crippen molar-refractivity contribution in [1.82, 2.24) is 15.7 Å². The number of amides is 1. The van der Waals surface area contributed by atoms with Crippen LogP contribution < -0.4 is 20.5 Å². The van der Waals surface area contributed by atoms with Crippen LogP contribution in [0.1, 0.15) is 25.0 Å². The van der Waals surface area contributed by atoms with E-state index in [2.05, 4.69) is 51.9 Å². The highest BCUT2D eigenvalue weighted by atomic mass is 16.5. The quantitative estimate of drug-likeness (QED) is 0.558. The first kappa shape index (κ1) is 21.4. The third-order valence-electron chi connectivity index (χ3n) is 5.15. The lowest BCUT2D eigenvalue weighted by Gasteiger charge is -2.25. The molecule has 4 rings (SSSR count). The molecule has 0 spiro atoms. The molecule has 0 saturated heterocycles. The topological polar surface area (TPSA) is 78.9 Å². The number of hydrogen-bond donors (Lipinski definition) is 2. The maximum absolute atomic E-state index is 11.0. The number of carbonyl (C=O) groups excluding carboxylic acids is 1. The van der Waals surface area contributed by atoms with Gasteiger partial charge >= 0.3 is 0 Å². The van der Waals surface area contributed by atoms with Crippen molar-refractivity contribution in [2.24, 2.45) is 4.99 Å². The van der Waals surface area contributed by atoms with Gasteiger partial charge in [-0.05, 0) is 55.7 Å². The van der Waals surface area contributed by atoms with Crippen LogP contribution in [0.5, 0.6) is 5.75 Å². The SMILES string of the molecule is Cc1ccc(OC(C)C)cc1-c1cncc(N2NC(NC=O)=NC2Cc2ccccc2)c1. The lowest BCUT2D eigenvalue weighted by molar-refractivity contribution is -0.108. The summed E-state index contributed by atoms with van der Waals surface area (Å²) < 4.78 is 5.88. The highest BCUT2D eigenvalue weighted by Crippen LogP contribution is 2.31. The second-order valence-electron chi connectivity index (χ2n) is 7.97. The number of guanidine groups is 1. The fourth-order valence-corrected chi connectivity index (χ4v) is 3.71. The molecule has 7 nitrogen and oxygen atoms in total. The molecular formula is C25H27N5O2. The first-order valence-electron chi connectivity index (χ1n) is 10.6. The maximum atomic E-state index is 11.0. The minimum Gasteiger partial charge on any atom is -0.491 e. The van der Waals surface area contributed by atoms with Crippen molar-refractivity contribution >= 4 is 18.1 Å². The van der Waals surface area contributed by atoms with Crippen LogP contribution in [0.15, 0.2) is 72.0 Å². The van der Waals surface area contributed by atoms with Gasteiger partial charge in [-0.1, -0.05) is 36.4 Å².